The number of rotatable bonds is 5. The minimum absolute atomic E-state index is 0.0798. The number of carbonyl (C=O) groups excluding carboxylic acids is 1. The van der Waals surface area contributed by atoms with E-state index in [1.807, 2.05) is 18.4 Å². The van der Waals surface area contributed by atoms with E-state index < -0.39 is 6.10 Å². The van der Waals surface area contributed by atoms with Gasteiger partial charge in [0.25, 0.3) is 5.91 Å². The number of β-amino-alcohol motifs (C(OH)–C–C–N with tert-alkyl or cyclic N) is 1. The largest absolute Gasteiger partial charge is 0.390 e. The Kier molecular flexibility index (Phi) is 5.57. The molecule has 1 fully saturated rings. The van der Waals surface area contributed by atoms with E-state index in [-0.39, 0.29) is 5.91 Å². The van der Waals surface area contributed by atoms with Gasteiger partial charge in [0.2, 0.25) is 0 Å². The Bertz CT molecular complexity index is 439. The molecule has 0 bridgehead atoms. The van der Waals surface area contributed by atoms with Crippen LogP contribution in [0.5, 0.6) is 0 Å². The van der Waals surface area contributed by atoms with E-state index in [4.69, 9.17) is 0 Å². The van der Waals surface area contributed by atoms with Crippen LogP contribution in [0.1, 0.15) is 35.0 Å². The van der Waals surface area contributed by atoms with Crippen LogP contribution in [0.15, 0.2) is 11.4 Å². The monoisotopic (exact) mass is 296 g/mol. The van der Waals surface area contributed by atoms with E-state index in [0.717, 1.165) is 29.4 Å². The molecule has 1 unspecified atom stereocenters. The molecule has 1 aromatic heterocycles. The molecular formula is C15H24N2O2S. The number of piperidine rings is 1. The minimum Gasteiger partial charge on any atom is -0.390 e. The molecule has 4 nitrogen and oxygen atoms in total. The number of hydrogen-bond acceptors (Lipinski definition) is 4. The van der Waals surface area contributed by atoms with Gasteiger partial charge in [0, 0.05) is 13.1 Å². The summed E-state index contributed by atoms with van der Waals surface area (Å²) in [5.41, 5.74) is 0.993. The predicted octanol–water partition coefficient (Wildman–Crippen LogP) is 1.88. The molecule has 0 saturated carbocycles. The quantitative estimate of drug-likeness (QED) is 0.872. The Labute approximate surface area is 124 Å². The van der Waals surface area contributed by atoms with Crippen molar-refractivity contribution in [1.29, 1.82) is 0 Å². The van der Waals surface area contributed by atoms with Crippen molar-refractivity contribution in [3.05, 3.63) is 21.9 Å². The molecule has 0 aliphatic carbocycles. The van der Waals surface area contributed by atoms with Crippen molar-refractivity contribution in [2.45, 2.75) is 32.8 Å². The summed E-state index contributed by atoms with van der Waals surface area (Å²) < 4.78 is 0. The fourth-order valence-electron chi connectivity index (χ4n) is 2.50. The molecule has 2 heterocycles. The van der Waals surface area contributed by atoms with Crippen LogP contribution in [0.3, 0.4) is 0 Å². The lowest BCUT2D eigenvalue weighted by Crippen LogP contribution is -2.43. The van der Waals surface area contributed by atoms with Gasteiger partial charge in [0.15, 0.2) is 0 Å². The number of nitrogens with one attached hydrogen (secondary N) is 1. The molecule has 1 amide bonds. The van der Waals surface area contributed by atoms with Crippen molar-refractivity contribution in [1.82, 2.24) is 10.2 Å². The maximum absolute atomic E-state index is 11.9. The Balaban J connectivity index is 1.71. The molecule has 0 radical (unpaired) electrons. The molecule has 2 rings (SSSR count). The Hall–Kier alpha value is -0.910. The molecular weight excluding hydrogens is 272 g/mol. The lowest BCUT2D eigenvalue weighted by atomic mass is 9.99. The zero-order valence-corrected chi connectivity index (χ0v) is 13.1. The van der Waals surface area contributed by atoms with E-state index in [1.165, 1.54) is 24.2 Å². The standard InChI is InChI=1S/C15H24N2O2S/c1-11-3-6-17(7-4-11)10-13(18)9-16-15(19)14-12(2)5-8-20-14/h5,8,11,13,18H,3-4,6-7,9-10H2,1-2H3,(H,16,19). The van der Waals surface area contributed by atoms with Gasteiger partial charge in [0.1, 0.15) is 0 Å². The fourth-order valence-corrected chi connectivity index (χ4v) is 3.34. The second-order valence-electron chi connectivity index (χ2n) is 5.78. The number of hydrogen-bond donors (Lipinski definition) is 2. The zero-order valence-electron chi connectivity index (χ0n) is 12.3. The SMILES string of the molecule is Cc1ccsc1C(=O)NCC(O)CN1CCC(C)CC1. The predicted molar refractivity (Wildman–Crippen MR) is 82.2 cm³/mol. The van der Waals surface area contributed by atoms with Crippen molar-refractivity contribution >= 4 is 17.2 Å². The topological polar surface area (TPSA) is 52.6 Å². The summed E-state index contributed by atoms with van der Waals surface area (Å²) in [6.07, 6.45) is 1.91. The summed E-state index contributed by atoms with van der Waals surface area (Å²) in [4.78, 5) is 15.0. The Morgan fingerprint density at radius 1 is 1.55 bits per heavy atom. The lowest BCUT2D eigenvalue weighted by molar-refractivity contribution is 0.0797. The molecule has 1 aliphatic rings. The maximum Gasteiger partial charge on any atom is 0.261 e. The molecule has 20 heavy (non-hydrogen) atoms. The van der Waals surface area contributed by atoms with E-state index >= 15 is 0 Å². The molecule has 112 valence electrons. The third-order valence-corrected chi connectivity index (χ3v) is 4.93. The summed E-state index contributed by atoms with van der Waals surface area (Å²) in [5, 5.41) is 14.8. The maximum atomic E-state index is 11.9. The highest BCUT2D eigenvalue weighted by atomic mass is 32.1. The number of carbonyl (C=O) groups is 1. The first-order valence-electron chi connectivity index (χ1n) is 7.29. The van der Waals surface area contributed by atoms with Crippen molar-refractivity contribution in [3.63, 3.8) is 0 Å². The van der Waals surface area contributed by atoms with Gasteiger partial charge in [-0.05, 0) is 55.8 Å². The smallest absolute Gasteiger partial charge is 0.261 e. The van der Waals surface area contributed by atoms with Gasteiger partial charge in [-0.1, -0.05) is 6.92 Å². The van der Waals surface area contributed by atoms with E-state index in [0.29, 0.717) is 13.1 Å². The number of amides is 1. The van der Waals surface area contributed by atoms with Crippen molar-refractivity contribution in [3.8, 4) is 0 Å². The van der Waals surface area contributed by atoms with Gasteiger partial charge in [-0.25, -0.2) is 0 Å². The van der Waals surface area contributed by atoms with Gasteiger partial charge in [-0.3, -0.25) is 4.79 Å². The van der Waals surface area contributed by atoms with Crippen molar-refractivity contribution in [2.24, 2.45) is 5.92 Å². The third-order valence-electron chi connectivity index (χ3n) is 3.91. The van der Waals surface area contributed by atoms with E-state index in [1.54, 1.807) is 0 Å². The number of aryl methyl sites for hydroxylation is 1. The van der Waals surface area contributed by atoms with Crippen LogP contribution in [0, 0.1) is 12.8 Å². The summed E-state index contributed by atoms with van der Waals surface area (Å²) in [6.45, 7) is 7.28. The summed E-state index contributed by atoms with van der Waals surface area (Å²) >= 11 is 1.44. The number of nitrogens with zero attached hydrogens (tertiary/aromatic N) is 1. The van der Waals surface area contributed by atoms with Gasteiger partial charge in [-0.15, -0.1) is 11.3 Å². The highest BCUT2D eigenvalue weighted by Crippen LogP contribution is 2.16. The molecule has 0 aromatic carbocycles. The number of aliphatic hydroxyl groups excluding tert-OH is 1. The third kappa shape index (κ3) is 4.30. The van der Waals surface area contributed by atoms with Gasteiger partial charge >= 0.3 is 0 Å². The average molecular weight is 296 g/mol. The number of thiophene rings is 1. The average Bonchev–Trinajstić information content (AvgIpc) is 2.85. The van der Waals surface area contributed by atoms with Crippen LogP contribution in [0.2, 0.25) is 0 Å². The van der Waals surface area contributed by atoms with Gasteiger partial charge < -0.3 is 15.3 Å². The molecule has 0 spiro atoms. The first-order chi connectivity index (χ1) is 9.56. The van der Waals surface area contributed by atoms with E-state index in [2.05, 4.69) is 17.1 Å². The van der Waals surface area contributed by atoms with Crippen LogP contribution < -0.4 is 5.32 Å². The first kappa shape index (κ1) is 15.5. The Morgan fingerprint density at radius 3 is 2.85 bits per heavy atom. The molecule has 1 aromatic rings. The van der Waals surface area contributed by atoms with Crippen LogP contribution in [-0.4, -0.2) is 48.2 Å². The van der Waals surface area contributed by atoms with Crippen molar-refractivity contribution in [2.75, 3.05) is 26.2 Å². The van der Waals surface area contributed by atoms with Crippen LogP contribution in [0.25, 0.3) is 0 Å². The highest BCUT2D eigenvalue weighted by Gasteiger charge is 2.19. The normalized spacial score (nSPS) is 18.9. The number of likely N-dealkylation sites (tertiary alicyclic amines) is 1. The van der Waals surface area contributed by atoms with Crippen LogP contribution in [0.4, 0.5) is 0 Å². The molecule has 1 aliphatic heterocycles. The Morgan fingerprint density at radius 2 is 2.25 bits per heavy atom. The van der Waals surface area contributed by atoms with Crippen LogP contribution >= 0.6 is 11.3 Å². The highest BCUT2D eigenvalue weighted by molar-refractivity contribution is 7.12. The fraction of sp³-hybridized carbons (Fsp3) is 0.667. The van der Waals surface area contributed by atoms with Crippen LogP contribution in [-0.2, 0) is 0 Å². The second-order valence-corrected chi connectivity index (χ2v) is 6.70. The molecule has 1 atom stereocenters. The van der Waals surface area contributed by atoms with E-state index in [9.17, 15) is 9.90 Å². The lowest BCUT2D eigenvalue weighted by Gasteiger charge is -2.31. The second kappa shape index (κ2) is 7.20. The molecule has 2 N–H and O–H groups in total. The summed E-state index contributed by atoms with van der Waals surface area (Å²) in [7, 11) is 0. The molecule has 5 heteroatoms. The van der Waals surface area contributed by atoms with Gasteiger partial charge in [-0.2, -0.15) is 0 Å². The minimum atomic E-state index is -0.493. The zero-order chi connectivity index (χ0) is 14.5. The summed E-state index contributed by atoms with van der Waals surface area (Å²) in [6, 6.07) is 1.94. The van der Waals surface area contributed by atoms with Crippen molar-refractivity contribution < 1.29 is 9.90 Å². The van der Waals surface area contributed by atoms with Gasteiger partial charge in [0.05, 0.1) is 11.0 Å². The number of aliphatic hydroxyl groups is 1. The first-order valence-corrected chi connectivity index (χ1v) is 8.17. The molecule has 1 saturated heterocycles. The summed E-state index contributed by atoms with van der Waals surface area (Å²) in [5.74, 6) is 0.716.